The predicted molar refractivity (Wildman–Crippen MR) is 78.3 cm³/mol. The number of benzene rings is 1. The molecule has 0 amide bonds. The molecule has 1 saturated carbocycles. The van der Waals surface area contributed by atoms with Crippen LogP contribution < -0.4 is 5.73 Å². The monoisotopic (exact) mass is 257 g/mol. The van der Waals surface area contributed by atoms with Crippen LogP contribution in [0.1, 0.15) is 38.2 Å². The van der Waals surface area contributed by atoms with E-state index in [1.54, 1.807) is 0 Å². The Morgan fingerprint density at radius 1 is 1.37 bits per heavy atom. The van der Waals surface area contributed by atoms with Gasteiger partial charge in [0, 0.05) is 25.2 Å². The van der Waals surface area contributed by atoms with E-state index in [-0.39, 0.29) is 5.41 Å². The molecule has 0 aromatic heterocycles. The minimum absolute atomic E-state index is 0.271. The van der Waals surface area contributed by atoms with Gasteiger partial charge in [0.05, 0.1) is 6.07 Å². The van der Waals surface area contributed by atoms with E-state index in [1.165, 1.54) is 18.4 Å². The van der Waals surface area contributed by atoms with Gasteiger partial charge in [0.25, 0.3) is 0 Å². The number of hydrogen-bond donors (Lipinski definition) is 1. The van der Waals surface area contributed by atoms with Crippen LogP contribution in [0, 0.1) is 16.7 Å². The lowest BCUT2D eigenvalue weighted by molar-refractivity contribution is 0.213. The second kappa shape index (κ2) is 6.08. The van der Waals surface area contributed by atoms with E-state index in [0.29, 0.717) is 6.42 Å². The fraction of sp³-hybridized carbons (Fsp3) is 0.562. The van der Waals surface area contributed by atoms with Crippen LogP contribution in [-0.4, -0.2) is 18.0 Å². The number of hydrogen-bond acceptors (Lipinski definition) is 3. The van der Waals surface area contributed by atoms with Crippen molar-refractivity contribution in [2.24, 2.45) is 5.41 Å². The van der Waals surface area contributed by atoms with Crippen molar-refractivity contribution >= 4 is 5.69 Å². The summed E-state index contributed by atoms with van der Waals surface area (Å²) in [7, 11) is 0. The van der Waals surface area contributed by atoms with Crippen LogP contribution in [0.5, 0.6) is 0 Å². The first-order chi connectivity index (χ1) is 9.19. The second-order valence-corrected chi connectivity index (χ2v) is 5.74. The maximum absolute atomic E-state index is 8.93. The zero-order valence-electron chi connectivity index (χ0n) is 11.7. The Balaban J connectivity index is 2.01. The first kappa shape index (κ1) is 13.9. The highest BCUT2D eigenvalue weighted by Gasteiger charge is 2.43. The van der Waals surface area contributed by atoms with Crippen LogP contribution in [0.2, 0.25) is 0 Å². The number of rotatable bonds is 7. The molecule has 1 aliphatic carbocycles. The highest BCUT2D eigenvalue weighted by atomic mass is 15.1. The lowest BCUT2D eigenvalue weighted by Crippen LogP contribution is -2.31. The molecule has 3 heteroatoms. The van der Waals surface area contributed by atoms with Crippen molar-refractivity contribution in [3.05, 3.63) is 29.8 Å². The molecular weight excluding hydrogens is 234 g/mol. The molecule has 0 atom stereocenters. The molecule has 1 aromatic carbocycles. The molecule has 3 nitrogen and oxygen atoms in total. The van der Waals surface area contributed by atoms with Gasteiger partial charge in [0.15, 0.2) is 0 Å². The molecule has 1 fully saturated rings. The highest BCUT2D eigenvalue weighted by Crippen LogP contribution is 2.49. The second-order valence-electron chi connectivity index (χ2n) is 5.74. The van der Waals surface area contributed by atoms with E-state index < -0.39 is 0 Å². The Kier molecular flexibility index (Phi) is 4.44. The fourth-order valence-electron chi connectivity index (χ4n) is 2.66. The Morgan fingerprint density at radius 2 is 2.11 bits per heavy atom. The molecule has 0 heterocycles. The molecular formula is C16H23N3. The first-order valence-electron chi connectivity index (χ1n) is 7.12. The first-order valence-corrected chi connectivity index (χ1v) is 7.12. The summed E-state index contributed by atoms with van der Waals surface area (Å²) in [6, 6.07) is 10.4. The zero-order valence-corrected chi connectivity index (χ0v) is 11.7. The molecule has 102 valence electrons. The molecule has 0 aliphatic heterocycles. The van der Waals surface area contributed by atoms with Gasteiger partial charge in [0.1, 0.15) is 0 Å². The number of nitrogen functional groups attached to an aromatic ring is 1. The third kappa shape index (κ3) is 3.71. The average molecular weight is 257 g/mol. The van der Waals surface area contributed by atoms with Gasteiger partial charge in [-0.1, -0.05) is 25.1 Å². The Morgan fingerprint density at radius 3 is 2.68 bits per heavy atom. The van der Waals surface area contributed by atoms with Crippen LogP contribution >= 0.6 is 0 Å². The molecule has 0 saturated heterocycles. The van der Waals surface area contributed by atoms with E-state index in [1.807, 2.05) is 18.2 Å². The molecule has 0 radical (unpaired) electrons. The lowest BCUT2D eigenvalue weighted by atomic mass is 10.0. The summed E-state index contributed by atoms with van der Waals surface area (Å²) in [4.78, 5) is 2.45. The summed E-state index contributed by atoms with van der Waals surface area (Å²) < 4.78 is 0. The maximum atomic E-state index is 8.93. The number of para-hydroxylation sites is 1. The summed E-state index contributed by atoms with van der Waals surface area (Å²) in [5.74, 6) is 0. The summed E-state index contributed by atoms with van der Waals surface area (Å²) in [5, 5.41) is 8.93. The van der Waals surface area contributed by atoms with Crippen molar-refractivity contribution in [1.82, 2.24) is 4.90 Å². The Bertz CT molecular complexity index is 457. The minimum Gasteiger partial charge on any atom is -0.398 e. The average Bonchev–Trinajstić information content (AvgIpc) is 3.12. The Hall–Kier alpha value is -1.53. The number of nitrogens with zero attached hydrogens (tertiary/aromatic N) is 2. The number of nitrogens with two attached hydrogens (primary N) is 1. The molecule has 2 rings (SSSR count). The van der Waals surface area contributed by atoms with Gasteiger partial charge in [-0.25, -0.2) is 0 Å². The highest BCUT2D eigenvalue weighted by molar-refractivity contribution is 5.46. The van der Waals surface area contributed by atoms with Gasteiger partial charge >= 0.3 is 0 Å². The molecule has 19 heavy (non-hydrogen) atoms. The minimum atomic E-state index is 0.271. The summed E-state index contributed by atoms with van der Waals surface area (Å²) in [5.41, 5.74) is 8.36. The van der Waals surface area contributed by atoms with Crippen molar-refractivity contribution in [3.8, 4) is 6.07 Å². The van der Waals surface area contributed by atoms with E-state index >= 15 is 0 Å². The SMILES string of the molecule is CCCN(Cc1ccccc1N)CC1(CC#N)CC1. The Labute approximate surface area is 116 Å². The van der Waals surface area contributed by atoms with E-state index in [0.717, 1.165) is 31.7 Å². The van der Waals surface area contributed by atoms with Crippen molar-refractivity contribution in [2.45, 2.75) is 39.2 Å². The van der Waals surface area contributed by atoms with E-state index in [9.17, 15) is 0 Å². The van der Waals surface area contributed by atoms with Gasteiger partial charge in [-0.05, 0) is 42.9 Å². The van der Waals surface area contributed by atoms with Crippen molar-refractivity contribution in [2.75, 3.05) is 18.8 Å². The standard InChI is InChI=1S/C16H23N3/c1-2-11-19(13-16(7-8-16)9-10-17)12-14-5-3-4-6-15(14)18/h3-6H,2,7-9,11-13,18H2,1H3. The largest absolute Gasteiger partial charge is 0.398 e. The smallest absolute Gasteiger partial charge is 0.0628 e. The van der Waals surface area contributed by atoms with Gasteiger partial charge in [-0.3, -0.25) is 4.90 Å². The number of nitriles is 1. The van der Waals surface area contributed by atoms with Crippen LogP contribution in [0.3, 0.4) is 0 Å². The van der Waals surface area contributed by atoms with Crippen molar-refractivity contribution < 1.29 is 0 Å². The predicted octanol–water partition coefficient (Wildman–Crippen LogP) is 3.17. The molecule has 0 spiro atoms. The quantitative estimate of drug-likeness (QED) is 0.763. The van der Waals surface area contributed by atoms with Crippen LogP contribution in [-0.2, 0) is 6.54 Å². The summed E-state index contributed by atoms with van der Waals surface area (Å²) >= 11 is 0. The van der Waals surface area contributed by atoms with Gasteiger partial charge < -0.3 is 5.73 Å². The van der Waals surface area contributed by atoms with Crippen molar-refractivity contribution in [3.63, 3.8) is 0 Å². The van der Waals surface area contributed by atoms with Gasteiger partial charge in [0.2, 0.25) is 0 Å². The maximum Gasteiger partial charge on any atom is 0.0628 e. The normalized spacial score (nSPS) is 16.3. The van der Waals surface area contributed by atoms with Crippen molar-refractivity contribution in [1.29, 1.82) is 5.26 Å². The van der Waals surface area contributed by atoms with E-state index in [4.69, 9.17) is 11.0 Å². The van der Waals surface area contributed by atoms with Crippen LogP contribution in [0.15, 0.2) is 24.3 Å². The lowest BCUT2D eigenvalue weighted by Gasteiger charge is -2.26. The van der Waals surface area contributed by atoms with Crippen LogP contribution in [0.25, 0.3) is 0 Å². The molecule has 1 aliphatic rings. The third-order valence-corrected chi connectivity index (χ3v) is 3.96. The third-order valence-electron chi connectivity index (χ3n) is 3.96. The summed E-state index contributed by atoms with van der Waals surface area (Å²) in [6.07, 6.45) is 4.23. The molecule has 0 unspecified atom stereocenters. The molecule has 0 bridgehead atoms. The topological polar surface area (TPSA) is 53.0 Å². The zero-order chi connectivity index (χ0) is 13.7. The van der Waals surface area contributed by atoms with E-state index in [2.05, 4.69) is 24.0 Å². The van der Waals surface area contributed by atoms with Gasteiger partial charge in [-0.15, -0.1) is 0 Å². The number of anilines is 1. The van der Waals surface area contributed by atoms with Crippen LogP contribution in [0.4, 0.5) is 5.69 Å². The molecule has 1 aromatic rings. The fourth-order valence-corrected chi connectivity index (χ4v) is 2.66. The van der Waals surface area contributed by atoms with Gasteiger partial charge in [-0.2, -0.15) is 5.26 Å². The summed E-state index contributed by atoms with van der Waals surface area (Å²) in [6.45, 7) is 5.20. The molecule has 2 N–H and O–H groups in total.